The van der Waals surface area contributed by atoms with Crippen LogP contribution in [0.3, 0.4) is 0 Å². The summed E-state index contributed by atoms with van der Waals surface area (Å²) in [6.45, 7) is 36.6. The van der Waals surface area contributed by atoms with Gasteiger partial charge in [-0.1, -0.05) is 291 Å². The molecule has 0 aromatic heterocycles. The number of hydrogen-bond donors (Lipinski definition) is 0. The van der Waals surface area contributed by atoms with Gasteiger partial charge in [0.25, 0.3) is 0 Å². The Labute approximate surface area is 670 Å². The number of fused-ring (bicyclic) bond motifs is 15. The summed E-state index contributed by atoms with van der Waals surface area (Å²) in [5, 5.41) is 16.0. The Morgan fingerprint density at radius 1 is 0.239 bits per heavy atom. The van der Waals surface area contributed by atoms with E-state index in [2.05, 4.69) is 361 Å². The Hall–Kier alpha value is -10.2. The van der Waals surface area contributed by atoms with Crippen molar-refractivity contribution in [2.75, 3.05) is 14.7 Å². The van der Waals surface area contributed by atoms with E-state index in [1.165, 1.54) is 233 Å². The molecule has 564 valence electrons. The molecule has 3 fully saturated rings. The molecular weight excluding hydrogens is 1360 g/mol. The molecule has 3 heteroatoms. The van der Waals surface area contributed by atoms with Crippen molar-refractivity contribution in [1.29, 1.82) is 0 Å². The molecule has 0 spiro atoms. The maximum absolute atomic E-state index is 2.77. The molecule has 0 N–H and O–H groups in total. The van der Waals surface area contributed by atoms with Crippen LogP contribution in [-0.4, -0.2) is 16.6 Å². The monoisotopic (exact) mass is 1470 g/mol. The van der Waals surface area contributed by atoms with Crippen molar-refractivity contribution >= 4 is 98.8 Å². The zero-order chi connectivity index (χ0) is 77.6. The van der Waals surface area contributed by atoms with Crippen molar-refractivity contribution in [3.63, 3.8) is 0 Å². The zero-order valence-electron chi connectivity index (χ0n) is 69.4. The van der Waals surface area contributed by atoms with E-state index < -0.39 is 0 Å². The van der Waals surface area contributed by atoms with Crippen LogP contribution in [0.25, 0.3) is 120 Å². The quantitative estimate of drug-likeness (QED) is 0.150. The minimum Gasteiger partial charge on any atom is -0.334 e. The van der Waals surface area contributed by atoms with Crippen LogP contribution in [-0.2, 0) is 32.5 Å². The normalized spacial score (nSPS) is 23.6. The van der Waals surface area contributed by atoms with Gasteiger partial charge in [0.15, 0.2) is 0 Å². The Morgan fingerprint density at radius 3 is 0.885 bits per heavy atom. The van der Waals surface area contributed by atoms with Crippen molar-refractivity contribution in [3.8, 4) is 55.6 Å². The minimum atomic E-state index is -0.104. The summed E-state index contributed by atoms with van der Waals surface area (Å²) < 4.78 is 0. The van der Waals surface area contributed by atoms with Gasteiger partial charge in [0.1, 0.15) is 0 Å². The predicted octanol–water partition coefficient (Wildman–Crippen LogP) is 30.9. The molecule has 21 rings (SSSR count). The highest BCUT2D eigenvalue weighted by Crippen LogP contribution is 2.67. The Balaban J connectivity index is 0.826. The van der Waals surface area contributed by atoms with Gasteiger partial charge in [-0.05, 0) is 302 Å². The summed E-state index contributed by atoms with van der Waals surface area (Å²) in [6.07, 6.45) is 14.3. The van der Waals surface area contributed by atoms with Gasteiger partial charge in [-0.25, -0.2) is 0 Å². The SMILES string of the molecule is CC(C)(C)c1ccc(N2c3ccc(-c4ccc5c6c(-c7ccccc7)c7c8ccc(-c9ccc%10c(c9)C9(C)CCCCC9(C)N%10c9ccc(C(C)(C)C)cc9)c9c(-c%10ccc%11c(c%10)C%10(C)CCCCC%10(C)N%11c%10ccc(C(C)(C)C)cc%10)ccc(c7c(-c7ccccc7)c6c6cccc4c65)c98)cc3C3(C)CCCCC23C)cc1. The second kappa shape index (κ2) is 24.2. The van der Waals surface area contributed by atoms with Crippen LogP contribution in [0.1, 0.15) is 214 Å². The first-order chi connectivity index (χ1) is 54.2. The topological polar surface area (TPSA) is 9.72 Å². The lowest BCUT2D eigenvalue weighted by Gasteiger charge is -2.50. The van der Waals surface area contributed by atoms with Gasteiger partial charge in [-0.15, -0.1) is 0 Å². The van der Waals surface area contributed by atoms with E-state index in [-0.39, 0.29) is 49.1 Å². The van der Waals surface area contributed by atoms with E-state index in [1.54, 1.807) is 0 Å². The molecule has 6 atom stereocenters. The van der Waals surface area contributed by atoms with Gasteiger partial charge in [-0.3, -0.25) is 0 Å². The summed E-state index contributed by atoms with van der Waals surface area (Å²) in [5.41, 5.74) is 29.2. The second-order valence-electron chi connectivity index (χ2n) is 40.0. The van der Waals surface area contributed by atoms with Crippen molar-refractivity contribution in [2.45, 2.75) is 230 Å². The largest absolute Gasteiger partial charge is 0.334 e. The first-order valence-electron chi connectivity index (χ1n) is 42.9. The summed E-state index contributed by atoms with van der Waals surface area (Å²) in [4.78, 5) is 8.29. The van der Waals surface area contributed by atoms with Crippen LogP contribution in [0.15, 0.2) is 243 Å². The molecule has 113 heavy (non-hydrogen) atoms. The van der Waals surface area contributed by atoms with Crippen LogP contribution in [0.2, 0.25) is 0 Å². The maximum atomic E-state index is 2.77. The van der Waals surface area contributed by atoms with Crippen LogP contribution in [0, 0.1) is 0 Å². The second-order valence-corrected chi connectivity index (χ2v) is 40.0. The molecule has 0 amide bonds. The first kappa shape index (κ1) is 70.6. The van der Waals surface area contributed by atoms with E-state index in [1.807, 2.05) is 0 Å². The van der Waals surface area contributed by atoms with Gasteiger partial charge in [-0.2, -0.15) is 0 Å². The number of benzene rings is 13. The highest BCUT2D eigenvalue weighted by atomic mass is 15.3. The van der Waals surface area contributed by atoms with Crippen LogP contribution in [0.5, 0.6) is 0 Å². The molecule has 6 unspecified atom stereocenters. The third kappa shape index (κ3) is 9.67. The first-order valence-corrected chi connectivity index (χ1v) is 42.9. The summed E-state index contributed by atoms with van der Waals surface area (Å²) in [6, 6.07) is 97.6. The van der Waals surface area contributed by atoms with Crippen LogP contribution >= 0.6 is 0 Å². The minimum absolute atomic E-state index is 0.0304. The lowest BCUT2D eigenvalue weighted by atomic mass is 9.61. The average Bonchev–Trinajstić information content (AvgIpc) is 1.52. The molecule has 3 saturated carbocycles. The predicted molar refractivity (Wildman–Crippen MR) is 486 cm³/mol. The van der Waals surface area contributed by atoms with Gasteiger partial charge in [0.2, 0.25) is 0 Å². The lowest BCUT2D eigenvalue weighted by Crippen LogP contribution is -2.54. The number of nitrogens with zero attached hydrogens (tertiary/aromatic N) is 3. The molecule has 3 heterocycles. The third-order valence-electron chi connectivity index (χ3n) is 31.1. The standard InChI is InChI=1S/C110H109N3/c1-102(2,3)73-38-44-76(45-39-73)111-90-56-35-70(65-87(90)105(10)59-22-25-62-108(105,111)13)79-50-53-84-95-82(79)33-28-34-83(95)98-93(68-29-18-16-19-30-68)100-85-54-51-80(71-36-57-91-88(66-71)106(11)60-23-26-63-109(106,14)112(91)77-46-40-74(41-47-77)103(4,5)6)96-81(52-55-86(97(85)96)101(100)94(99(84)98)69-31-20-17-21-32-69)72-37-58-92-89(67-72)107(12)61-24-27-64-110(107,15)113(92)78-48-42-75(43-49-78)104(7,8)9/h16-21,28-58,65-67H,22-27,59-64H2,1-15H3. The summed E-state index contributed by atoms with van der Waals surface area (Å²) >= 11 is 0. The molecule has 0 saturated heterocycles. The van der Waals surface area contributed by atoms with E-state index in [0.29, 0.717) is 0 Å². The zero-order valence-corrected chi connectivity index (χ0v) is 69.4. The summed E-state index contributed by atoms with van der Waals surface area (Å²) in [5.74, 6) is 0. The van der Waals surface area contributed by atoms with Crippen molar-refractivity contribution in [2.24, 2.45) is 0 Å². The van der Waals surface area contributed by atoms with E-state index in [4.69, 9.17) is 0 Å². The highest BCUT2D eigenvalue weighted by molar-refractivity contribution is 6.48. The average molecular weight is 1470 g/mol. The number of rotatable bonds is 8. The fourth-order valence-corrected chi connectivity index (χ4v) is 24.3. The van der Waals surface area contributed by atoms with Crippen molar-refractivity contribution in [3.05, 3.63) is 276 Å². The summed E-state index contributed by atoms with van der Waals surface area (Å²) in [7, 11) is 0. The van der Waals surface area contributed by atoms with E-state index in [9.17, 15) is 0 Å². The number of anilines is 6. The molecule has 0 radical (unpaired) electrons. The molecule has 3 aliphatic heterocycles. The van der Waals surface area contributed by atoms with E-state index in [0.717, 1.165) is 32.1 Å². The molecule has 3 aliphatic carbocycles. The van der Waals surface area contributed by atoms with Gasteiger partial charge < -0.3 is 14.7 Å². The fraction of sp³-hybridized carbons (Fsp3) is 0.327. The number of hydrogen-bond acceptors (Lipinski definition) is 3. The Kier molecular flexibility index (Phi) is 15.1. The maximum Gasteiger partial charge on any atom is 0.0517 e. The molecule has 6 aliphatic rings. The molecule has 0 bridgehead atoms. The molecule has 15 aromatic rings. The van der Waals surface area contributed by atoms with E-state index >= 15 is 0 Å². The van der Waals surface area contributed by atoms with Gasteiger partial charge >= 0.3 is 0 Å². The smallest absolute Gasteiger partial charge is 0.0517 e. The van der Waals surface area contributed by atoms with Gasteiger partial charge in [0.05, 0.1) is 16.6 Å². The molecule has 3 nitrogen and oxygen atoms in total. The van der Waals surface area contributed by atoms with Crippen LogP contribution in [0.4, 0.5) is 34.1 Å². The van der Waals surface area contributed by atoms with Gasteiger partial charge in [0, 0.05) is 50.4 Å². The highest BCUT2D eigenvalue weighted by Gasteiger charge is 2.61. The van der Waals surface area contributed by atoms with Crippen molar-refractivity contribution in [1.82, 2.24) is 0 Å². The fourth-order valence-electron chi connectivity index (χ4n) is 24.3. The van der Waals surface area contributed by atoms with Crippen LogP contribution < -0.4 is 14.7 Å². The third-order valence-corrected chi connectivity index (χ3v) is 31.1. The Bertz CT molecular complexity index is 6120. The molecule has 15 aromatic carbocycles. The lowest BCUT2D eigenvalue weighted by molar-refractivity contribution is 0.195. The Morgan fingerprint density at radius 2 is 0.540 bits per heavy atom. The molecular formula is C110H109N3. The van der Waals surface area contributed by atoms with Crippen molar-refractivity contribution < 1.29 is 0 Å².